The van der Waals surface area contributed by atoms with E-state index in [1.54, 1.807) is 124 Å². The number of ketones is 3. The molecule has 0 aliphatic carbocycles. The first-order valence-electron chi connectivity index (χ1n) is 38.2. The van der Waals surface area contributed by atoms with Gasteiger partial charge in [-0.3, -0.25) is 57.5 Å². The second-order valence-corrected chi connectivity index (χ2v) is 33.3. The Bertz CT molecular complexity index is 2990. The molecule has 0 saturated carbocycles. The van der Waals surface area contributed by atoms with E-state index in [9.17, 15) is 47.9 Å². The van der Waals surface area contributed by atoms with Gasteiger partial charge in [-0.15, -0.1) is 0 Å². The Morgan fingerprint density at radius 2 is 0.925 bits per heavy atom. The molecule has 106 heavy (non-hydrogen) atoms. The van der Waals surface area contributed by atoms with Gasteiger partial charge in [-0.25, -0.2) is 9.59 Å². The van der Waals surface area contributed by atoms with E-state index in [1.165, 1.54) is 92.6 Å². The van der Waals surface area contributed by atoms with Gasteiger partial charge in [0.1, 0.15) is 59.3 Å². The number of carbonyl (C=O) groups excluding carboxylic acids is 14. The molecule has 14 atom stereocenters. The third-order valence-electron chi connectivity index (χ3n) is 19.4. The quantitative estimate of drug-likeness (QED) is 0.0337. The molecule has 0 aromatic rings. The minimum Gasteiger partial charge on any atom is -0.466 e. The second-order valence-electron chi connectivity index (χ2n) is 33.3. The Labute approximate surface area is 635 Å². The molecule has 26 heteroatoms. The van der Waals surface area contributed by atoms with Crippen molar-refractivity contribution in [3.05, 3.63) is 12.2 Å². The smallest absolute Gasteiger partial charge is 0.410 e. The Morgan fingerprint density at radius 3 is 1.37 bits per heavy atom. The van der Waals surface area contributed by atoms with Crippen LogP contribution in [0.1, 0.15) is 237 Å². The molecule has 608 valence electrons. The summed E-state index contributed by atoms with van der Waals surface area (Å²) in [7, 11) is 10.1. The molecule has 0 aromatic heterocycles. The average molecular weight is 1500 g/mol. The van der Waals surface area contributed by atoms with Gasteiger partial charge in [0.2, 0.25) is 41.4 Å². The lowest BCUT2D eigenvalue weighted by Gasteiger charge is -2.42. The highest BCUT2D eigenvalue weighted by Gasteiger charge is 2.47. The molecule has 8 amide bonds. The number of carbonyl (C=O) groups is 14. The van der Waals surface area contributed by atoms with Crippen molar-refractivity contribution in [2.45, 2.75) is 303 Å². The normalized spacial score (nSPS) is 16.0. The molecule has 0 fully saturated rings. The van der Waals surface area contributed by atoms with Crippen molar-refractivity contribution in [1.82, 2.24) is 39.6 Å². The zero-order valence-corrected chi connectivity index (χ0v) is 70.9. The van der Waals surface area contributed by atoms with Crippen LogP contribution in [0, 0.1) is 59.2 Å². The largest absolute Gasteiger partial charge is 0.466 e. The van der Waals surface area contributed by atoms with Gasteiger partial charge >= 0.3 is 24.0 Å². The van der Waals surface area contributed by atoms with E-state index in [0.29, 0.717) is 6.42 Å². The van der Waals surface area contributed by atoms with Crippen molar-refractivity contribution in [2.24, 2.45) is 59.2 Å². The van der Waals surface area contributed by atoms with Crippen LogP contribution in [0.3, 0.4) is 0 Å². The maximum atomic E-state index is 15.4. The fourth-order valence-electron chi connectivity index (χ4n) is 13.1. The van der Waals surface area contributed by atoms with Crippen molar-refractivity contribution in [3.63, 3.8) is 0 Å². The molecule has 0 bridgehead atoms. The summed E-state index contributed by atoms with van der Waals surface area (Å²) in [6, 6.07) is -9.62. The van der Waals surface area contributed by atoms with Crippen molar-refractivity contribution in [1.29, 1.82) is 0 Å². The molecule has 26 nitrogen and oxygen atoms in total. The van der Waals surface area contributed by atoms with Gasteiger partial charge < -0.3 is 58.6 Å². The standard InChI is InChI=1S/C80H140N8O18/c1-33-36-37-52(15)69(104-56(19)89)68(70(94)81-58(34-2)73(97)82(26)55(18)77(101)105-79(20,21)22)87(31)76(100)66(50(12)13)86(30)75(99)61(42-48(8)9)85(29)74(98)60(41-47(6)7)84(28)71(95)54(17)44-62(90)53(16)43-63(91)59(40-46(4)5)83(27)72(96)57(49(10)11)45-64(92)67(51(14)38-39-65(93)103-35-3)88(32)78(102)106-80(23,24)25/h33,36,46-55,57-61,66-69H,34-35,37-45H2,1-32H3,(H,81,94)/b36-33+/t51-,52-,53-,54+,55-,57+,58+,59+,60+,61+,66+,67+,68+,69-/m1/s1. The number of hydrogen-bond acceptors (Lipinski definition) is 18. The third-order valence-corrected chi connectivity index (χ3v) is 19.4. The van der Waals surface area contributed by atoms with Crippen molar-refractivity contribution in [2.75, 3.05) is 55.9 Å². The topological polar surface area (TPSA) is 311 Å². The van der Waals surface area contributed by atoms with Crippen molar-refractivity contribution >= 4 is 82.7 Å². The van der Waals surface area contributed by atoms with Crippen LogP contribution in [-0.2, 0) is 81.3 Å². The van der Waals surface area contributed by atoms with E-state index >= 15 is 19.2 Å². The molecule has 0 heterocycles. The van der Waals surface area contributed by atoms with Gasteiger partial charge in [-0.2, -0.15) is 0 Å². The van der Waals surface area contributed by atoms with E-state index in [0.717, 1.165) is 4.90 Å². The summed E-state index contributed by atoms with van der Waals surface area (Å²) >= 11 is 0. The van der Waals surface area contributed by atoms with Gasteiger partial charge in [-0.1, -0.05) is 116 Å². The molecule has 0 unspecified atom stereocenters. The highest BCUT2D eigenvalue weighted by atomic mass is 16.6. The number of ether oxygens (including phenoxy) is 4. The van der Waals surface area contributed by atoms with Crippen LogP contribution in [-0.4, -0.2) is 239 Å². The Kier molecular flexibility index (Phi) is 41.8. The predicted octanol–water partition coefficient (Wildman–Crippen LogP) is 10.2. The average Bonchev–Trinajstić information content (AvgIpc) is 0.796. The summed E-state index contributed by atoms with van der Waals surface area (Å²) in [4.78, 5) is 209. The summed E-state index contributed by atoms with van der Waals surface area (Å²) in [5.74, 6) is -13.1. The number of allylic oxidation sites excluding steroid dienone is 2. The number of hydrogen-bond donors (Lipinski definition) is 1. The highest BCUT2D eigenvalue weighted by Crippen LogP contribution is 2.31. The van der Waals surface area contributed by atoms with Gasteiger partial charge in [0.25, 0.3) is 0 Å². The summed E-state index contributed by atoms with van der Waals surface area (Å²) < 4.78 is 22.2. The highest BCUT2D eigenvalue weighted by molar-refractivity contribution is 5.99. The number of likely N-dealkylation sites (N-methyl/N-ethyl adjacent to an activating group) is 7. The summed E-state index contributed by atoms with van der Waals surface area (Å²) in [6.45, 7) is 43.1. The lowest BCUT2D eigenvalue weighted by Crippen LogP contribution is -2.64. The number of Topliss-reactive ketones (excluding diaryl/α,β-unsaturated/α-hetero) is 3. The van der Waals surface area contributed by atoms with Gasteiger partial charge in [0, 0.05) is 99.7 Å². The molecular formula is C80H140N8O18. The van der Waals surface area contributed by atoms with Crippen LogP contribution in [0.4, 0.5) is 4.79 Å². The SMILES string of the molecule is C/C=C/C[C@@H](C)[C@@H](OC(C)=O)[C@@H](C(=O)N[C@@H](CC)C(=O)N(C)[C@H](C)C(=O)OC(C)(C)C)N(C)C(=O)[C@H](C(C)C)N(C)C(=O)[C@H](CC(C)C)N(C)C(=O)[C@H](CC(C)C)N(C)C(=O)[C@@H](C)CC(=O)[C@H](C)CC(=O)[C@H](CC(C)C)N(C)C(=O)[C@@H](CC(=O)[C@H]([C@H](C)CCC(=O)OCC)N(C)C(=O)OC(C)(C)C)C(C)C. The number of nitrogens with zero attached hydrogens (tertiary/aromatic N) is 7. The molecule has 0 aliphatic rings. The number of esters is 3. The molecule has 0 spiro atoms. The van der Waals surface area contributed by atoms with Gasteiger partial charge in [0.05, 0.1) is 18.7 Å². The summed E-state index contributed by atoms with van der Waals surface area (Å²) in [5, 5.41) is 2.79. The minimum absolute atomic E-state index is 0.0112. The lowest BCUT2D eigenvalue weighted by atomic mass is 9.83. The van der Waals surface area contributed by atoms with Gasteiger partial charge in [-0.05, 0) is 142 Å². The molecule has 0 aliphatic heterocycles. The third kappa shape index (κ3) is 31.1. The first-order chi connectivity index (χ1) is 48.6. The van der Waals surface area contributed by atoms with E-state index in [2.05, 4.69) is 5.32 Å². The number of rotatable bonds is 44. The number of amides is 8. The molecular weight excluding hydrogens is 1360 g/mol. The summed E-state index contributed by atoms with van der Waals surface area (Å²) in [6.07, 6.45) is 1.68. The van der Waals surface area contributed by atoms with E-state index in [4.69, 9.17) is 18.9 Å². The zero-order chi connectivity index (χ0) is 82.8. The van der Waals surface area contributed by atoms with Gasteiger partial charge in [0.15, 0.2) is 11.6 Å². The first-order valence-corrected chi connectivity index (χ1v) is 38.2. The number of nitrogens with one attached hydrogen (secondary N) is 1. The molecule has 1 N–H and O–H groups in total. The maximum absolute atomic E-state index is 15.4. The van der Waals surface area contributed by atoms with Crippen molar-refractivity contribution in [3.8, 4) is 0 Å². The maximum Gasteiger partial charge on any atom is 0.410 e. The van der Waals surface area contributed by atoms with Crippen LogP contribution in [0.2, 0.25) is 0 Å². The summed E-state index contributed by atoms with van der Waals surface area (Å²) in [5.41, 5.74) is -1.74. The first kappa shape index (κ1) is 98.7. The Hall–Kier alpha value is -7.28. The minimum atomic E-state index is -1.59. The Morgan fingerprint density at radius 1 is 0.462 bits per heavy atom. The van der Waals surface area contributed by atoms with E-state index < -0.39 is 190 Å². The van der Waals surface area contributed by atoms with E-state index in [-0.39, 0.29) is 82.1 Å². The van der Waals surface area contributed by atoms with Crippen LogP contribution in [0.25, 0.3) is 0 Å². The lowest BCUT2D eigenvalue weighted by molar-refractivity contribution is -0.165. The Balaban J connectivity index is 7.32. The molecule has 0 saturated heterocycles. The zero-order valence-electron chi connectivity index (χ0n) is 70.9. The second kappa shape index (κ2) is 44.9. The fraction of sp³-hybridized carbons (Fsp3) is 0.800. The fourth-order valence-corrected chi connectivity index (χ4v) is 13.1. The van der Waals surface area contributed by atoms with Crippen molar-refractivity contribution < 1.29 is 86.1 Å². The van der Waals surface area contributed by atoms with Crippen LogP contribution in [0.15, 0.2) is 12.2 Å². The molecule has 0 aromatic carbocycles. The monoisotopic (exact) mass is 1500 g/mol. The van der Waals surface area contributed by atoms with Crippen LogP contribution in [0.5, 0.6) is 0 Å². The van der Waals surface area contributed by atoms with E-state index in [1.807, 2.05) is 47.6 Å². The molecule has 0 rings (SSSR count). The van der Waals surface area contributed by atoms with Crippen LogP contribution < -0.4 is 5.32 Å². The molecule has 0 radical (unpaired) electrons. The predicted molar refractivity (Wildman–Crippen MR) is 409 cm³/mol. The van der Waals surface area contributed by atoms with Crippen LogP contribution >= 0.6 is 0 Å².